The fourth-order valence-electron chi connectivity index (χ4n) is 2.89. The van der Waals surface area contributed by atoms with E-state index in [1.54, 1.807) is 4.80 Å². The van der Waals surface area contributed by atoms with E-state index in [2.05, 4.69) is 35.3 Å². The number of benzene rings is 2. The first-order valence-electron chi connectivity index (χ1n) is 8.83. The Morgan fingerprint density at radius 1 is 1.00 bits per heavy atom. The van der Waals surface area contributed by atoms with Crippen molar-refractivity contribution < 1.29 is 5.11 Å². The van der Waals surface area contributed by atoms with Crippen LogP contribution in [0.1, 0.15) is 44.2 Å². The highest BCUT2D eigenvalue weighted by Gasteiger charge is 2.10. The minimum atomic E-state index is -0.302. The van der Waals surface area contributed by atoms with Crippen LogP contribution in [0, 0.1) is 0 Å². The molecule has 0 aliphatic heterocycles. The molecule has 0 aliphatic carbocycles. The summed E-state index contributed by atoms with van der Waals surface area (Å²) in [6.45, 7) is 4.21. The maximum atomic E-state index is 10.0. The summed E-state index contributed by atoms with van der Waals surface area (Å²) in [4.78, 5) is 1.71. The Morgan fingerprint density at radius 2 is 1.67 bits per heavy atom. The Hall–Kier alpha value is -2.20. The van der Waals surface area contributed by atoms with Gasteiger partial charge in [-0.15, -0.1) is 10.2 Å². The van der Waals surface area contributed by atoms with Gasteiger partial charge >= 0.3 is 0 Å². The predicted molar refractivity (Wildman–Crippen MR) is 97.5 cm³/mol. The molecule has 1 unspecified atom stereocenters. The number of fused-ring (bicyclic) bond motifs is 1. The fourth-order valence-corrected chi connectivity index (χ4v) is 2.89. The monoisotopic (exact) mass is 323 g/mol. The van der Waals surface area contributed by atoms with Gasteiger partial charge in [-0.1, -0.05) is 38.5 Å². The molecular formula is C20H25N3O. The summed E-state index contributed by atoms with van der Waals surface area (Å²) in [5.74, 6) is 0. The molecule has 0 bridgehead atoms. The Bertz CT molecular complexity index is 777. The molecule has 0 saturated carbocycles. The van der Waals surface area contributed by atoms with Crippen molar-refractivity contribution in [1.29, 1.82) is 0 Å². The van der Waals surface area contributed by atoms with Gasteiger partial charge in [-0.25, -0.2) is 0 Å². The minimum absolute atomic E-state index is 0.302. The van der Waals surface area contributed by atoms with Crippen molar-refractivity contribution in [2.75, 3.05) is 0 Å². The van der Waals surface area contributed by atoms with Crippen molar-refractivity contribution in [3.63, 3.8) is 0 Å². The Kier molecular flexibility index (Phi) is 5.26. The summed E-state index contributed by atoms with van der Waals surface area (Å²) in [5.41, 5.74) is 5.19. The van der Waals surface area contributed by atoms with E-state index >= 15 is 0 Å². The molecule has 1 heterocycles. The molecule has 0 saturated heterocycles. The normalized spacial score (nSPS) is 12.6. The van der Waals surface area contributed by atoms with E-state index in [4.69, 9.17) is 0 Å². The molecule has 1 N–H and O–H groups in total. The van der Waals surface area contributed by atoms with Crippen LogP contribution in [0.3, 0.4) is 0 Å². The third kappa shape index (κ3) is 3.82. The van der Waals surface area contributed by atoms with Crippen LogP contribution < -0.4 is 0 Å². The van der Waals surface area contributed by atoms with Gasteiger partial charge in [0.15, 0.2) is 0 Å². The lowest BCUT2D eigenvalue weighted by Crippen LogP contribution is -2.10. The molecule has 1 atom stereocenters. The van der Waals surface area contributed by atoms with Crippen molar-refractivity contribution in [1.82, 2.24) is 15.0 Å². The van der Waals surface area contributed by atoms with Gasteiger partial charge in [-0.05, 0) is 61.1 Å². The van der Waals surface area contributed by atoms with Gasteiger partial charge in [0.25, 0.3) is 0 Å². The van der Waals surface area contributed by atoms with Gasteiger partial charge in [0.2, 0.25) is 0 Å². The maximum Gasteiger partial charge on any atom is 0.113 e. The third-order valence-corrected chi connectivity index (χ3v) is 4.32. The van der Waals surface area contributed by atoms with Crippen molar-refractivity contribution >= 4 is 11.0 Å². The summed E-state index contributed by atoms with van der Waals surface area (Å²) < 4.78 is 0. The van der Waals surface area contributed by atoms with Crippen molar-refractivity contribution in [2.45, 2.75) is 52.1 Å². The first-order chi connectivity index (χ1) is 11.7. The van der Waals surface area contributed by atoms with Gasteiger partial charge in [-0.2, -0.15) is 4.80 Å². The zero-order valence-corrected chi connectivity index (χ0v) is 14.4. The topological polar surface area (TPSA) is 50.9 Å². The van der Waals surface area contributed by atoms with E-state index in [1.807, 2.05) is 31.2 Å². The van der Waals surface area contributed by atoms with Crippen molar-refractivity contribution in [2.24, 2.45) is 0 Å². The van der Waals surface area contributed by atoms with Crippen LogP contribution in [0.25, 0.3) is 16.7 Å². The van der Waals surface area contributed by atoms with Gasteiger partial charge < -0.3 is 5.11 Å². The van der Waals surface area contributed by atoms with Crippen LogP contribution in [-0.2, 0) is 12.8 Å². The Morgan fingerprint density at radius 3 is 2.29 bits per heavy atom. The summed E-state index contributed by atoms with van der Waals surface area (Å²) in [5, 5.41) is 19.2. The number of hydrogen-bond donors (Lipinski definition) is 1. The average molecular weight is 323 g/mol. The molecule has 4 nitrogen and oxygen atoms in total. The maximum absolute atomic E-state index is 10.0. The number of aryl methyl sites for hydroxylation is 1. The van der Waals surface area contributed by atoms with Gasteiger partial charge in [0, 0.05) is 0 Å². The highest BCUT2D eigenvalue weighted by Crippen LogP contribution is 2.19. The van der Waals surface area contributed by atoms with E-state index in [0.29, 0.717) is 6.42 Å². The highest BCUT2D eigenvalue weighted by molar-refractivity contribution is 5.73. The number of nitrogens with zero attached hydrogens (tertiary/aromatic N) is 3. The number of aliphatic hydroxyl groups is 1. The van der Waals surface area contributed by atoms with Crippen LogP contribution in [0.15, 0.2) is 42.5 Å². The van der Waals surface area contributed by atoms with E-state index in [1.165, 1.54) is 12.0 Å². The second-order valence-electron chi connectivity index (χ2n) is 6.36. The predicted octanol–water partition coefficient (Wildman–Crippen LogP) is 4.08. The molecule has 1 aromatic heterocycles. The van der Waals surface area contributed by atoms with Crippen LogP contribution >= 0.6 is 0 Å². The molecular weight excluding hydrogens is 298 g/mol. The molecule has 2 aromatic carbocycles. The minimum Gasteiger partial charge on any atom is -0.393 e. The molecule has 4 heteroatoms. The number of unbranched alkanes of at least 4 members (excludes halogenated alkanes) is 1. The molecule has 3 rings (SSSR count). The van der Waals surface area contributed by atoms with Crippen molar-refractivity contribution in [3.05, 3.63) is 53.6 Å². The highest BCUT2D eigenvalue weighted by atomic mass is 16.3. The van der Waals surface area contributed by atoms with Crippen LogP contribution in [0.4, 0.5) is 0 Å². The van der Waals surface area contributed by atoms with Crippen LogP contribution in [0.2, 0.25) is 0 Å². The Labute approximate surface area is 143 Å². The van der Waals surface area contributed by atoms with E-state index in [0.717, 1.165) is 41.5 Å². The van der Waals surface area contributed by atoms with Crippen LogP contribution in [-0.4, -0.2) is 26.2 Å². The smallest absolute Gasteiger partial charge is 0.113 e. The van der Waals surface area contributed by atoms with Crippen molar-refractivity contribution in [3.8, 4) is 5.69 Å². The lowest BCUT2D eigenvalue weighted by atomic mass is 10.00. The molecule has 0 amide bonds. The number of hydrogen-bond acceptors (Lipinski definition) is 3. The first kappa shape index (κ1) is 16.7. The Balaban J connectivity index is 1.99. The fraction of sp³-hybridized carbons (Fsp3) is 0.400. The third-order valence-electron chi connectivity index (χ3n) is 4.32. The van der Waals surface area contributed by atoms with E-state index < -0.39 is 0 Å². The lowest BCUT2D eigenvalue weighted by molar-refractivity contribution is 0.171. The second kappa shape index (κ2) is 7.58. The number of aromatic nitrogens is 3. The second-order valence-corrected chi connectivity index (χ2v) is 6.36. The van der Waals surface area contributed by atoms with E-state index in [-0.39, 0.29) is 6.10 Å². The molecule has 126 valence electrons. The van der Waals surface area contributed by atoms with E-state index in [9.17, 15) is 5.11 Å². The largest absolute Gasteiger partial charge is 0.393 e. The standard InChI is InChI=1S/C20H25N3O/c1-3-5-8-15-11-16(14-18(24)4-2)13-17(12-15)23-21-19-9-6-7-10-20(19)22-23/h6-7,9-13,18,24H,3-5,8,14H2,1-2H3. The average Bonchev–Trinajstić information content (AvgIpc) is 3.04. The summed E-state index contributed by atoms with van der Waals surface area (Å²) in [6.07, 6.45) is 4.50. The molecule has 0 fully saturated rings. The number of rotatable bonds is 7. The zero-order chi connectivity index (χ0) is 16.9. The SMILES string of the molecule is CCCCc1cc(CC(O)CC)cc(-n2nc3ccccc3n2)c1. The quantitative estimate of drug-likeness (QED) is 0.713. The van der Waals surface area contributed by atoms with Crippen LogP contribution in [0.5, 0.6) is 0 Å². The summed E-state index contributed by atoms with van der Waals surface area (Å²) in [6, 6.07) is 14.4. The zero-order valence-electron chi connectivity index (χ0n) is 14.4. The molecule has 0 aliphatic rings. The van der Waals surface area contributed by atoms with Gasteiger partial charge in [-0.3, -0.25) is 0 Å². The molecule has 24 heavy (non-hydrogen) atoms. The summed E-state index contributed by atoms with van der Waals surface area (Å²) in [7, 11) is 0. The van der Waals surface area contributed by atoms with Gasteiger partial charge in [0.1, 0.15) is 11.0 Å². The lowest BCUT2D eigenvalue weighted by Gasteiger charge is -2.12. The summed E-state index contributed by atoms with van der Waals surface area (Å²) >= 11 is 0. The van der Waals surface area contributed by atoms with Gasteiger partial charge in [0.05, 0.1) is 11.8 Å². The molecule has 0 spiro atoms. The molecule has 0 radical (unpaired) electrons. The number of aliphatic hydroxyl groups excluding tert-OH is 1. The molecule has 3 aromatic rings. The first-order valence-corrected chi connectivity index (χ1v) is 8.83.